The molecule has 2 aromatic rings. The van der Waals surface area contributed by atoms with Crippen molar-refractivity contribution in [3.8, 4) is 0 Å². The minimum absolute atomic E-state index is 0.117. The van der Waals surface area contributed by atoms with Crippen LogP contribution >= 0.6 is 0 Å². The second kappa shape index (κ2) is 6.67. The van der Waals surface area contributed by atoms with Crippen molar-refractivity contribution in [2.75, 3.05) is 6.54 Å². The molecular formula is C18H22FN. The lowest BCUT2D eigenvalue weighted by Gasteiger charge is -2.16. The molecule has 20 heavy (non-hydrogen) atoms. The largest absolute Gasteiger partial charge is 0.310 e. The summed E-state index contributed by atoms with van der Waals surface area (Å²) in [5.74, 6) is -0.117. The maximum Gasteiger partial charge on any atom is 0.126 e. The highest BCUT2D eigenvalue weighted by atomic mass is 19.1. The van der Waals surface area contributed by atoms with Crippen molar-refractivity contribution in [1.29, 1.82) is 0 Å². The highest BCUT2D eigenvalue weighted by Gasteiger charge is 2.06. The van der Waals surface area contributed by atoms with Gasteiger partial charge in [0.1, 0.15) is 5.82 Å². The summed E-state index contributed by atoms with van der Waals surface area (Å²) in [6, 6.07) is 13.8. The zero-order chi connectivity index (χ0) is 14.5. The Kier molecular flexibility index (Phi) is 4.91. The predicted octanol–water partition coefficient (Wildman–Crippen LogP) is 4.34. The molecule has 0 aromatic heterocycles. The van der Waals surface area contributed by atoms with E-state index in [2.05, 4.69) is 44.3 Å². The standard InChI is InChI=1S/C18H22FN/c1-13-10-14(2)12-17(11-13)15(3)20-9-8-16-6-4-5-7-18(16)19/h4-7,10-12,15,20H,8-9H2,1-3H3. The first kappa shape index (κ1) is 14.7. The van der Waals surface area contributed by atoms with Crippen molar-refractivity contribution in [2.45, 2.75) is 33.2 Å². The van der Waals surface area contributed by atoms with Crippen molar-refractivity contribution in [3.05, 3.63) is 70.5 Å². The van der Waals surface area contributed by atoms with E-state index >= 15 is 0 Å². The van der Waals surface area contributed by atoms with Crippen LogP contribution in [0, 0.1) is 19.7 Å². The first-order chi connectivity index (χ1) is 9.56. The zero-order valence-electron chi connectivity index (χ0n) is 12.4. The van der Waals surface area contributed by atoms with E-state index in [0.717, 1.165) is 12.1 Å². The molecule has 0 saturated heterocycles. The molecule has 1 unspecified atom stereocenters. The number of rotatable bonds is 5. The van der Waals surface area contributed by atoms with Gasteiger partial charge >= 0.3 is 0 Å². The molecule has 0 aliphatic carbocycles. The quantitative estimate of drug-likeness (QED) is 0.853. The number of halogens is 1. The molecule has 0 heterocycles. The van der Waals surface area contributed by atoms with Crippen LogP contribution in [0.25, 0.3) is 0 Å². The van der Waals surface area contributed by atoms with Gasteiger partial charge in [0, 0.05) is 6.04 Å². The SMILES string of the molecule is Cc1cc(C)cc(C(C)NCCc2ccccc2F)c1. The van der Waals surface area contributed by atoms with E-state index in [0.29, 0.717) is 6.42 Å². The number of aryl methyl sites for hydroxylation is 2. The lowest BCUT2D eigenvalue weighted by Crippen LogP contribution is -2.21. The molecule has 0 saturated carbocycles. The van der Waals surface area contributed by atoms with Gasteiger partial charge in [-0.05, 0) is 50.9 Å². The number of hydrogen-bond acceptors (Lipinski definition) is 1. The van der Waals surface area contributed by atoms with Gasteiger partial charge in [-0.15, -0.1) is 0 Å². The molecule has 0 radical (unpaired) electrons. The van der Waals surface area contributed by atoms with Crippen LogP contribution in [0.15, 0.2) is 42.5 Å². The average Bonchev–Trinajstić information content (AvgIpc) is 2.39. The Morgan fingerprint density at radius 3 is 2.35 bits per heavy atom. The smallest absolute Gasteiger partial charge is 0.126 e. The van der Waals surface area contributed by atoms with E-state index in [1.807, 2.05) is 12.1 Å². The zero-order valence-corrected chi connectivity index (χ0v) is 12.4. The molecule has 0 spiro atoms. The summed E-state index contributed by atoms with van der Waals surface area (Å²) in [6.45, 7) is 7.15. The Labute approximate surface area is 120 Å². The van der Waals surface area contributed by atoms with Crippen LogP contribution in [0.3, 0.4) is 0 Å². The monoisotopic (exact) mass is 271 g/mol. The Bertz CT molecular complexity index is 557. The van der Waals surface area contributed by atoms with E-state index in [1.165, 1.54) is 22.8 Å². The third-order valence-corrected chi connectivity index (χ3v) is 3.55. The van der Waals surface area contributed by atoms with Crippen LogP contribution in [-0.2, 0) is 6.42 Å². The number of benzene rings is 2. The van der Waals surface area contributed by atoms with Crippen LogP contribution < -0.4 is 5.32 Å². The molecule has 1 nitrogen and oxygen atoms in total. The van der Waals surface area contributed by atoms with E-state index in [-0.39, 0.29) is 11.9 Å². The summed E-state index contributed by atoms with van der Waals surface area (Å²) in [6.07, 6.45) is 0.710. The molecule has 1 N–H and O–H groups in total. The van der Waals surface area contributed by atoms with Crippen LogP contribution in [0.4, 0.5) is 4.39 Å². The van der Waals surface area contributed by atoms with Gasteiger partial charge in [0.25, 0.3) is 0 Å². The fraction of sp³-hybridized carbons (Fsp3) is 0.333. The minimum atomic E-state index is -0.117. The Hall–Kier alpha value is -1.67. The molecule has 0 aliphatic heterocycles. The van der Waals surface area contributed by atoms with E-state index in [4.69, 9.17) is 0 Å². The summed E-state index contributed by atoms with van der Waals surface area (Å²) >= 11 is 0. The normalized spacial score (nSPS) is 12.4. The molecule has 0 amide bonds. The maximum atomic E-state index is 13.5. The van der Waals surface area contributed by atoms with Gasteiger partial charge in [0.05, 0.1) is 0 Å². The molecule has 0 fully saturated rings. The highest BCUT2D eigenvalue weighted by molar-refractivity contribution is 5.30. The summed E-state index contributed by atoms with van der Waals surface area (Å²) in [5.41, 5.74) is 4.62. The van der Waals surface area contributed by atoms with Crippen LogP contribution in [0.2, 0.25) is 0 Å². The Balaban J connectivity index is 1.92. The third kappa shape index (κ3) is 3.91. The van der Waals surface area contributed by atoms with Crippen molar-refractivity contribution in [1.82, 2.24) is 5.32 Å². The van der Waals surface area contributed by atoms with Crippen molar-refractivity contribution >= 4 is 0 Å². The molecular weight excluding hydrogens is 249 g/mol. The summed E-state index contributed by atoms with van der Waals surface area (Å²) in [5, 5.41) is 3.46. The van der Waals surface area contributed by atoms with Crippen molar-refractivity contribution in [2.24, 2.45) is 0 Å². The van der Waals surface area contributed by atoms with Gasteiger partial charge in [-0.3, -0.25) is 0 Å². The van der Waals surface area contributed by atoms with E-state index in [9.17, 15) is 4.39 Å². The number of hydrogen-bond donors (Lipinski definition) is 1. The highest BCUT2D eigenvalue weighted by Crippen LogP contribution is 2.16. The van der Waals surface area contributed by atoms with Gasteiger partial charge in [-0.2, -0.15) is 0 Å². The van der Waals surface area contributed by atoms with Gasteiger partial charge in [0.15, 0.2) is 0 Å². The van der Waals surface area contributed by atoms with Crippen LogP contribution in [0.1, 0.15) is 35.2 Å². The summed E-state index contributed by atoms with van der Waals surface area (Å²) < 4.78 is 13.5. The molecule has 1 atom stereocenters. The first-order valence-corrected chi connectivity index (χ1v) is 7.11. The molecule has 2 rings (SSSR count). The molecule has 2 aromatic carbocycles. The fourth-order valence-electron chi connectivity index (χ4n) is 2.50. The van der Waals surface area contributed by atoms with Gasteiger partial charge in [-0.1, -0.05) is 47.5 Å². The van der Waals surface area contributed by atoms with Gasteiger partial charge in [-0.25, -0.2) is 4.39 Å². The number of nitrogens with one attached hydrogen (secondary N) is 1. The topological polar surface area (TPSA) is 12.0 Å². The molecule has 2 heteroatoms. The fourth-order valence-corrected chi connectivity index (χ4v) is 2.50. The maximum absolute atomic E-state index is 13.5. The predicted molar refractivity (Wildman–Crippen MR) is 82.4 cm³/mol. The summed E-state index contributed by atoms with van der Waals surface area (Å²) in [7, 11) is 0. The van der Waals surface area contributed by atoms with Gasteiger partial charge in [0.2, 0.25) is 0 Å². The molecule has 0 bridgehead atoms. The second-order valence-corrected chi connectivity index (χ2v) is 5.44. The lowest BCUT2D eigenvalue weighted by molar-refractivity contribution is 0.559. The van der Waals surface area contributed by atoms with Gasteiger partial charge < -0.3 is 5.32 Å². The molecule has 106 valence electrons. The van der Waals surface area contributed by atoms with E-state index in [1.54, 1.807) is 6.07 Å². The third-order valence-electron chi connectivity index (χ3n) is 3.55. The van der Waals surface area contributed by atoms with Crippen molar-refractivity contribution < 1.29 is 4.39 Å². The van der Waals surface area contributed by atoms with Crippen LogP contribution in [-0.4, -0.2) is 6.54 Å². The lowest BCUT2D eigenvalue weighted by atomic mass is 10.0. The minimum Gasteiger partial charge on any atom is -0.310 e. The van der Waals surface area contributed by atoms with Crippen molar-refractivity contribution in [3.63, 3.8) is 0 Å². The first-order valence-electron chi connectivity index (χ1n) is 7.11. The van der Waals surface area contributed by atoms with Crippen LogP contribution in [0.5, 0.6) is 0 Å². The average molecular weight is 271 g/mol. The Morgan fingerprint density at radius 2 is 1.70 bits per heavy atom. The second-order valence-electron chi connectivity index (χ2n) is 5.44. The summed E-state index contributed by atoms with van der Waals surface area (Å²) in [4.78, 5) is 0. The van der Waals surface area contributed by atoms with E-state index < -0.39 is 0 Å². The Morgan fingerprint density at radius 1 is 1.05 bits per heavy atom. The molecule has 0 aliphatic rings.